The van der Waals surface area contributed by atoms with Crippen LogP contribution in [-0.2, 0) is 6.54 Å². The third kappa shape index (κ3) is 4.55. The Morgan fingerprint density at radius 2 is 1.62 bits per heavy atom. The zero-order valence-corrected chi connectivity index (χ0v) is 13.2. The zero-order valence-electron chi connectivity index (χ0n) is 12.4. The summed E-state index contributed by atoms with van der Waals surface area (Å²) in [5.74, 6) is -0.656. The Labute approximate surface area is 128 Å². The van der Waals surface area contributed by atoms with Crippen LogP contribution in [0, 0.1) is 11.6 Å². The molecule has 0 bridgehead atoms. The van der Waals surface area contributed by atoms with E-state index in [1.807, 2.05) is 6.07 Å². The van der Waals surface area contributed by atoms with Crippen LogP contribution in [-0.4, -0.2) is 5.54 Å². The first-order valence-electron chi connectivity index (χ1n) is 6.81. The third-order valence-electron chi connectivity index (χ3n) is 2.91. The van der Waals surface area contributed by atoms with Gasteiger partial charge in [-0.1, -0.05) is 36.0 Å². The molecule has 4 heteroatoms. The van der Waals surface area contributed by atoms with Gasteiger partial charge in [-0.3, -0.25) is 0 Å². The maximum atomic E-state index is 14.1. The molecule has 0 amide bonds. The Kier molecular flexibility index (Phi) is 5.01. The van der Waals surface area contributed by atoms with Gasteiger partial charge in [0.05, 0.1) is 4.90 Å². The van der Waals surface area contributed by atoms with Crippen LogP contribution in [0.25, 0.3) is 0 Å². The number of rotatable bonds is 4. The fourth-order valence-corrected chi connectivity index (χ4v) is 2.77. The number of benzene rings is 2. The lowest BCUT2D eigenvalue weighted by atomic mass is 10.1. The molecule has 2 rings (SSSR count). The predicted molar refractivity (Wildman–Crippen MR) is 83.5 cm³/mol. The fourth-order valence-electron chi connectivity index (χ4n) is 1.80. The van der Waals surface area contributed by atoms with E-state index in [0.29, 0.717) is 16.3 Å². The quantitative estimate of drug-likeness (QED) is 0.852. The first-order valence-corrected chi connectivity index (χ1v) is 7.63. The maximum absolute atomic E-state index is 14.1. The molecule has 2 aromatic carbocycles. The van der Waals surface area contributed by atoms with Crippen molar-refractivity contribution in [3.63, 3.8) is 0 Å². The summed E-state index contributed by atoms with van der Waals surface area (Å²) in [4.78, 5) is 0.902. The first-order chi connectivity index (χ1) is 9.87. The van der Waals surface area contributed by atoms with Crippen molar-refractivity contribution in [2.24, 2.45) is 0 Å². The standard InChI is InChI=1S/C17H19F2NS/c1-17(2,3)20-11-12-7-6-9-14(19)16(12)21-15-10-5-4-8-13(15)18/h4-10,20H,11H2,1-3H3. The van der Waals surface area contributed by atoms with Gasteiger partial charge in [-0.15, -0.1) is 0 Å². The highest BCUT2D eigenvalue weighted by Gasteiger charge is 2.15. The van der Waals surface area contributed by atoms with Gasteiger partial charge in [-0.2, -0.15) is 0 Å². The van der Waals surface area contributed by atoms with Gasteiger partial charge in [0.25, 0.3) is 0 Å². The van der Waals surface area contributed by atoms with E-state index in [0.717, 1.165) is 17.3 Å². The number of hydrogen-bond donors (Lipinski definition) is 1. The van der Waals surface area contributed by atoms with Gasteiger partial charge in [-0.25, -0.2) is 8.78 Å². The molecule has 0 atom stereocenters. The molecule has 112 valence electrons. The minimum absolute atomic E-state index is 0.0632. The monoisotopic (exact) mass is 307 g/mol. The van der Waals surface area contributed by atoms with Gasteiger partial charge in [0.15, 0.2) is 0 Å². The lowest BCUT2D eigenvalue weighted by molar-refractivity contribution is 0.421. The largest absolute Gasteiger partial charge is 0.308 e. The summed E-state index contributed by atoms with van der Waals surface area (Å²) < 4.78 is 27.9. The molecular formula is C17H19F2NS. The van der Waals surface area contributed by atoms with E-state index in [1.54, 1.807) is 24.3 Å². The van der Waals surface area contributed by atoms with Crippen LogP contribution in [0.15, 0.2) is 52.3 Å². The molecule has 0 unspecified atom stereocenters. The van der Waals surface area contributed by atoms with Crippen LogP contribution >= 0.6 is 11.8 Å². The summed E-state index contributed by atoms with van der Waals surface area (Å²) in [7, 11) is 0. The Balaban J connectivity index is 2.28. The molecule has 1 N–H and O–H groups in total. The Bertz CT molecular complexity index is 620. The van der Waals surface area contributed by atoms with Gasteiger partial charge >= 0.3 is 0 Å². The molecular weight excluding hydrogens is 288 g/mol. The average Bonchev–Trinajstić information content (AvgIpc) is 2.41. The van der Waals surface area contributed by atoms with E-state index in [4.69, 9.17) is 0 Å². The van der Waals surface area contributed by atoms with Crippen LogP contribution in [0.3, 0.4) is 0 Å². The summed E-state index contributed by atoms with van der Waals surface area (Å²) in [5.41, 5.74) is 0.768. The van der Waals surface area contributed by atoms with Gasteiger partial charge < -0.3 is 5.32 Å². The van der Waals surface area contributed by atoms with E-state index in [1.165, 1.54) is 12.1 Å². The second-order valence-corrected chi connectivity index (χ2v) is 6.92. The van der Waals surface area contributed by atoms with Gasteiger partial charge in [-0.05, 0) is 44.5 Å². The van der Waals surface area contributed by atoms with Crippen molar-refractivity contribution < 1.29 is 8.78 Å². The van der Waals surface area contributed by atoms with E-state index in [9.17, 15) is 8.78 Å². The van der Waals surface area contributed by atoms with Crippen LogP contribution in [0.5, 0.6) is 0 Å². The molecule has 1 nitrogen and oxygen atoms in total. The van der Waals surface area contributed by atoms with E-state index in [-0.39, 0.29) is 17.2 Å². The van der Waals surface area contributed by atoms with Gasteiger partial charge in [0.2, 0.25) is 0 Å². The summed E-state index contributed by atoms with van der Waals surface area (Å²) in [6.45, 7) is 6.69. The molecule has 0 spiro atoms. The van der Waals surface area contributed by atoms with Crippen LogP contribution in [0.4, 0.5) is 8.78 Å². The highest BCUT2D eigenvalue weighted by molar-refractivity contribution is 7.99. The molecule has 0 radical (unpaired) electrons. The van der Waals surface area contributed by atoms with Crippen molar-refractivity contribution in [1.82, 2.24) is 5.32 Å². The predicted octanol–water partition coefficient (Wildman–Crippen LogP) is 5.00. The lowest BCUT2D eigenvalue weighted by Gasteiger charge is -2.21. The minimum atomic E-state index is -0.333. The summed E-state index contributed by atoms with van der Waals surface area (Å²) in [6.07, 6.45) is 0. The lowest BCUT2D eigenvalue weighted by Crippen LogP contribution is -2.35. The van der Waals surface area contributed by atoms with E-state index < -0.39 is 0 Å². The molecule has 0 aliphatic rings. The fraction of sp³-hybridized carbons (Fsp3) is 0.294. The normalized spacial score (nSPS) is 11.7. The van der Waals surface area contributed by atoms with E-state index in [2.05, 4.69) is 26.1 Å². The topological polar surface area (TPSA) is 12.0 Å². The van der Waals surface area contributed by atoms with Crippen LogP contribution < -0.4 is 5.32 Å². The first kappa shape index (κ1) is 16.0. The Morgan fingerprint density at radius 1 is 0.952 bits per heavy atom. The highest BCUT2D eigenvalue weighted by atomic mass is 32.2. The number of hydrogen-bond acceptors (Lipinski definition) is 2. The molecule has 0 aliphatic heterocycles. The van der Waals surface area contributed by atoms with Crippen LogP contribution in [0.1, 0.15) is 26.3 Å². The van der Waals surface area contributed by atoms with Crippen molar-refractivity contribution in [2.75, 3.05) is 0 Å². The number of nitrogens with one attached hydrogen (secondary N) is 1. The Morgan fingerprint density at radius 3 is 2.29 bits per heavy atom. The minimum Gasteiger partial charge on any atom is -0.308 e. The number of halogens is 2. The van der Waals surface area contributed by atoms with Crippen molar-refractivity contribution in [3.05, 3.63) is 59.7 Å². The smallest absolute Gasteiger partial charge is 0.137 e. The molecule has 0 aliphatic carbocycles. The second kappa shape index (κ2) is 6.58. The SMILES string of the molecule is CC(C)(C)NCc1cccc(F)c1Sc1ccccc1F. The second-order valence-electron chi connectivity index (χ2n) is 5.86. The Hall–Kier alpha value is -1.39. The molecule has 21 heavy (non-hydrogen) atoms. The van der Waals surface area contributed by atoms with Crippen molar-refractivity contribution >= 4 is 11.8 Å². The molecule has 0 heterocycles. The maximum Gasteiger partial charge on any atom is 0.137 e. The molecule has 0 saturated carbocycles. The van der Waals surface area contributed by atoms with E-state index >= 15 is 0 Å². The molecule has 0 fully saturated rings. The average molecular weight is 307 g/mol. The van der Waals surface area contributed by atoms with Gasteiger partial charge in [0, 0.05) is 17.0 Å². The summed E-state index contributed by atoms with van der Waals surface area (Å²) >= 11 is 1.13. The zero-order chi connectivity index (χ0) is 15.5. The molecule has 2 aromatic rings. The molecule has 0 aromatic heterocycles. The highest BCUT2D eigenvalue weighted by Crippen LogP contribution is 2.34. The third-order valence-corrected chi connectivity index (χ3v) is 4.12. The van der Waals surface area contributed by atoms with Crippen molar-refractivity contribution in [2.45, 2.75) is 42.6 Å². The van der Waals surface area contributed by atoms with Gasteiger partial charge in [0.1, 0.15) is 11.6 Å². The summed E-state index contributed by atoms with van der Waals surface area (Å²) in [6, 6.07) is 11.4. The van der Waals surface area contributed by atoms with Crippen molar-refractivity contribution in [1.29, 1.82) is 0 Å². The van der Waals surface area contributed by atoms with Crippen LogP contribution in [0.2, 0.25) is 0 Å². The molecule has 0 saturated heterocycles. The summed E-state index contributed by atoms with van der Waals surface area (Å²) in [5, 5.41) is 3.33. The van der Waals surface area contributed by atoms with Crippen molar-refractivity contribution in [3.8, 4) is 0 Å².